The third-order valence-corrected chi connectivity index (χ3v) is 6.03. The first-order chi connectivity index (χ1) is 19.4. The van der Waals surface area contributed by atoms with E-state index >= 15 is 0 Å². The van der Waals surface area contributed by atoms with Crippen LogP contribution in [0.4, 0.5) is 24.8 Å². The number of piperazine rings is 1. The predicted molar refractivity (Wildman–Crippen MR) is 147 cm³/mol. The van der Waals surface area contributed by atoms with Crippen LogP contribution in [0.1, 0.15) is 12.8 Å². The van der Waals surface area contributed by atoms with Crippen molar-refractivity contribution in [3.8, 4) is 11.5 Å². The number of unbranched alkanes of at least 4 members (excludes halogenated alkanes) is 1. The molecular weight excluding hydrogens is 527 g/mol. The van der Waals surface area contributed by atoms with Crippen molar-refractivity contribution in [2.75, 3.05) is 72.1 Å². The highest BCUT2D eigenvalue weighted by Gasteiger charge is 2.15. The van der Waals surface area contributed by atoms with Gasteiger partial charge in [-0.15, -0.1) is 0 Å². The SMILES string of the molecule is C=C(/C=C(OC)\C(F)=C(/CF)COc1cnc(Nc2ccc(OCCCCN3CCNCC3)c(F)c2)nc1)OC. The summed E-state index contributed by atoms with van der Waals surface area (Å²) in [4.78, 5) is 10.6. The largest absolute Gasteiger partial charge is 0.497 e. The quantitative estimate of drug-likeness (QED) is 0.172. The molecule has 0 bridgehead atoms. The van der Waals surface area contributed by atoms with Crippen LogP contribution in [0.15, 0.2) is 66.2 Å². The van der Waals surface area contributed by atoms with E-state index in [-0.39, 0.29) is 34.5 Å². The molecule has 2 heterocycles. The van der Waals surface area contributed by atoms with Crippen molar-refractivity contribution in [2.24, 2.45) is 0 Å². The number of halogens is 3. The van der Waals surface area contributed by atoms with Gasteiger partial charge in [-0.05, 0) is 31.5 Å². The normalized spacial score (nSPS) is 14.8. The Morgan fingerprint density at radius 3 is 2.52 bits per heavy atom. The number of allylic oxidation sites excluding steroid dienone is 2. The van der Waals surface area contributed by atoms with Gasteiger partial charge in [0.2, 0.25) is 5.95 Å². The molecule has 9 nitrogen and oxygen atoms in total. The van der Waals surface area contributed by atoms with Crippen LogP contribution in [-0.4, -0.2) is 81.7 Å². The minimum atomic E-state index is -1.10. The van der Waals surface area contributed by atoms with Crippen molar-refractivity contribution in [1.82, 2.24) is 20.2 Å². The molecule has 218 valence electrons. The van der Waals surface area contributed by atoms with E-state index < -0.39 is 24.9 Å². The molecule has 0 unspecified atom stereocenters. The molecule has 0 atom stereocenters. The minimum absolute atomic E-state index is 0.140. The highest BCUT2D eigenvalue weighted by Crippen LogP contribution is 2.24. The first kappa shape index (κ1) is 30.8. The number of nitrogens with zero attached hydrogens (tertiary/aromatic N) is 3. The third kappa shape index (κ3) is 9.76. The molecule has 1 aliphatic heterocycles. The number of methoxy groups -OCH3 is 2. The van der Waals surface area contributed by atoms with E-state index in [1.165, 1.54) is 38.8 Å². The lowest BCUT2D eigenvalue weighted by Crippen LogP contribution is -2.43. The Kier molecular flexibility index (Phi) is 12.6. The van der Waals surface area contributed by atoms with Crippen molar-refractivity contribution >= 4 is 11.6 Å². The minimum Gasteiger partial charge on any atom is -0.497 e. The monoisotopic (exact) mass is 563 g/mol. The van der Waals surface area contributed by atoms with Crippen LogP contribution in [0.3, 0.4) is 0 Å². The van der Waals surface area contributed by atoms with Crippen LogP contribution in [0.5, 0.6) is 11.5 Å². The van der Waals surface area contributed by atoms with E-state index in [0.717, 1.165) is 45.6 Å². The predicted octanol–water partition coefficient (Wildman–Crippen LogP) is 4.69. The Labute approximate surface area is 232 Å². The van der Waals surface area contributed by atoms with Gasteiger partial charge in [-0.2, -0.15) is 0 Å². The molecule has 12 heteroatoms. The van der Waals surface area contributed by atoms with Gasteiger partial charge in [-0.3, -0.25) is 0 Å². The summed E-state index contributed by atoms with van der Waals surface area (Å²) in [6.07, 6.45) is 5.70. The summed E-state index contributed by atoms with van der Waals surface area (Å²) in [7, 11) is 2.61. The van der Waals surface area contributed by atoms with Crippen LogP contribution in [0.25, 0.3) is 0 Å². The Balaban J connectivity index is 1.48. The lowest BCUT2D eigenvalue weighted by molar-refractivity contribution is 0.224. The Bertz CT molecular complexity index is 1160. The molecule has 2 aromatic rings. The summed E-state index contributed by atoms with van der Waals surface area (Å²) >= 11 is 0. The number of rotatable bonds is 16. The fraction of sp³-hybridized carbons (Fsp3) is 0.429. The van der Waals surface area contributed by atoms with Crippen LogP contribution in [-0.2, 0) is 9.47 Å². The van der Waals surface area contributed by atoms with Gasteiger partial charge < -0.3 is 34.5 Å². The Hall–Kier alpha value is -3.77. The van der Waals surface area contributed by atoms with Crippen molar-refractivity contribution in [1.29, 1.82) is 0 Å². The molecular formula is C28H36F3N5O4. The van der Waals surface area contributed by atoms with Crippen LogP contribution >= 0.6 is 0 Å². The van der Waals surface area contributed by atoms with Crippen molar-refractivity contribution < 1.29 is 32.1 Å². The maximum atomic E-state index is 14.7. The second-order valence-corrected chi connectivity index (χ2v) is 8.88. The zero-order valence-electron chi connectivity index (χ0n) is 22.9. The number of benzene rings is 1. The molecule has 1 fully saturated rings. The fourth-order valence-corrected chi connectivity index (χ4v) is 3.76. The summed E-state index contributed by atoms with van der Waals surface area (Å²) in [6.45, 7) is 7.66. The molecule has 0 spiro atoms. The van der Waals surface area contributed by atoms with Gasteiger partial charge in [0.15, 0.2) is 28.9 Å². The third-order valence-electron chi connectivity index (χ3n) is 6.03. The fourth-order valence-electron chi connectivity index (χ4n) is 3.76. The second-order valence-electron chi connectivity index (χ2n) is 8.88. The number of anilines is 2. The number of hydrogen-bond acceptors (Lipinski definition) is 9. The molecule has 1 aliphatic rings. The average molecular weight is 564 g/mol. The average Bonchev–Trinajstić information content (AvgIpc) is 2.98. The standard InChI is InChI=1S/C28H36F3N5O4/c1-20(37-2)14-26(38-3)27(31)21(16-29)19-40-23-17-33-28(34-18-23)35-22-6-7-25(24(30)15-22)39-13-5-4-10-36-11-8-32-9-12-36/h6-7,14-15,17-18,32H,1,4-5,8-13,16,19H2,2-3H3,(H,33,34,35)/b26-14+,27-21-. The molecule has 0 amide bonds. The molecule has 0 radical (unpaired) electrons. The Morgan fingerprint density at radius 1 is 1.12 bits per heavy atom. The number of hydrogen-bond donors (Lipinski definition) is 2. The molecule has 1 aromatic heterocycles. The summed E-state index contributed by atoms with van der Waals surface area (Å²) in [6, 6.07) is 4.51. The summed E-state index contributed by atoms with van der Waals surface area (Å²) in [5.74, 6) is -0.983. The topological polar surface area (TPSA) is 90.0 Å². The van der Waals surface area contributed by atoms with E-state index in [1.807, 2.05) is 0 Å². The molecule has 3 rings (SSSR count). The van der Waals surface area contributed by atoms with Gasteiger partial charge in [0.1, 0.15) is 19.0 Å². The smallest absolute Gasteiger partial charge is 0.227 e. The first-order valence-electron chi connectivity index (χ1n) is 12.9. The van der Waals surface area contributed by atoms with Gasteiger partial charge in [0.05, 0.1) is 33.2 Å². The van der Waals surface area contributed by atoms with E-state index in [9.17, 15) is 13.2 Å². The van der Waals surface area contributed by atoms with E-state index in [4.69, 9.17) is 18.9 Å². The lowest BCUT2D eigenvalue weighted by Gasteiger charge is -2.26. The Morgan fingerprint density at radius 2 is 1.88 bits per heavy atom. The van der Waals surface area contributed by atoms with Gasteiger partial charge in [0.25, 0.3) is 0 Å². The molecule has 0 aliphatic carbocycles. The highest BCUT2D eigenvalue weighted by molar-refractivity contribution is 5.55. The number of alkyl halides is 1. The van der Waals surface area contributed by atoms with E-state index in [1.54, 1.807) is 12.1 Å². The first-order valence-corrected chi connectivity index (χ1v) is 12.9. The number of ether oxygens (including phenoxy) is 4. The van der Waals surface area contributed by atoms with Crippen molar-refractivity contribution in [3.63, 3.8) is 0 Å². The highest BCUT2D eigenvalue weighted by atomic mass is 19.1. The maximum Gasteiger partial charge on any atom is 0.227 e. The molecule has 1 aromatic carbocycles. The molecule has 2 N–H and O–H groups in total. The van der Waals surface area contributed by atoms with Gasteiger partial charge in [-0.1, -0.05) is 6.58 Å². The lowest BCUT2D eigenvalue weighted by atomic mass is 10.2. The second kappa shape index (κ2) is 16.4. The molecule has 40 heavy (non-hydrogen) atoms. The van der Waals surface area contributed by atoms with Gasteiger partial charge >= 0.3 is 0 Å². The van der Waals surface area contributed by atoms with Crippen LogP contribution in [0, 0.1) is 5.82 Å². The van der Waals surface area contributed by atoms with Crippen molar-refractivity contribution in [3.05, 3.63) is 72.0 Å². The molecule has 1 saturated heterocycles. The summed E-state index contributed by atoms with van der Waals surface area (Å²) in [5, 5.41) is 6.22. The summed E-state index contributed by atoms with van der Waals surface area (Å²) in [5.41, 5.74) is 0.148. The zero-order chi connectivity index (χ0) is 28.7. The van der Waals surface area contributed by atoms with Crippen molar-refractivity contribution in [2.45, 2.75) is 12.8 Å². The van der Waals surface area contributed by atoms with E-state index in [2.05, 4.69) is 32.1 Å². The zero-order valence-corrected chi connectivity index (χ0v) is 22.9. The van der Waals surface area contributed by atoms with Gasteiger partial charge in [0, 0.05) is 49.6 Å². The summed E-state index contributed by atoms with van der Waals surface area (Å²) < 4.78 is 63.5. The van der Waals surface area contributed by atoms with E-state index in [0.29, 0.717) is 12.3 Å². The maximum absolute atomic E-state index is 14.7. The number of nitrogens with one attached hydrogen (secondary N) is 2. The van der Waals surface area contributed by atoms with Crippen LogP contribution in [0.2, 0.25) is 0 Å². The van der Waals surface area contributed by atoms with Crippen LogP contribution < -0.4 is 20.1 Å². The molecule has 0 saturated carbocycles. The number of aromatic nitrogens is 2. The van der Waals surface area contributed by atoms with Gasteiger partial charge in [-0.25, -0.2) is 23.1 Å².